The fourth-order valence-corrected chi connectivity index (χ4v) is 5.81. The Morgan fingerprint density at radius 2 is 1.29 bits per heavy atom. The Morgan fingerprint density at radius 1 is 0.800 bits per heavy atom. The minimum Gasteiger partial charge on any atom is -0.376 e. The number of hydrogen-bond donors (Lipinski definition) is 0. The van der Waals surface area contributed by atoms with Crippen molar-refractivity contribution in [2.45, 2.75) is 116 Å². The number of Topliss-reactive ketones (excluding diaryl/α,β-unsaturated/α-hetero) is 1. The van der Waals surface area contributed by atoms with Crippen LogP contribution in [0.5, 0.6) is 0 Å². The molecule has 8 nitrogen and oxygen atoms in total. The van der Waals surface area contributed by atoms with Crippen LogP contribution in [0.25, 0.3) is 0 Å². The Labute approximate surface area is 214 Å². The summed E-state index contributed by atoms with van der Waals surface area (Å²) < 4.78 is 5.86. The molecule has 0 aromatic heterocycles. The van der Waals surface area contributed by atoms with E-state index in [1.54, 1.807) is 14.7 Å². The van der Waals surface area contributed by atoms with Crippen molar-refractivity contribution in [3.63, 3.8) is 0 Å². The first-order valence-electron chi connectivity index (χ1n) is 13.3. The van der Waals surface area contributed by atoms with Crippen molar-refractivity contribution in [3.8, 4) is 0 Å². The number of ether oxygens (including phenoxy) is 1. The number of nitrogens with zero attached hydrogens (tertiary/aromatic N) is 3. The highest BCUT2D eigenvalue weighted by Gasteiger charge is 2.45. The third-order valence-electron chi connectivity index (χ3n) is 8.04. The molecule has 5 unspecified atom stereocenters. The summed E-state index contributed by atoms with van der Waals surface area (Å²) in [5, 5.41) is 0. The molecule has 0 spiro atoms. The van der Waals surface area contributed by atoms with E-state index < -0.39 is 12.1 Å². The molecule has 3 aliphatic heterocycles. The summed E-state index contributed by atoms with van der Waals surface area (Å²) >= 11 is 0. The molecule has 3 amide bonds. The van der Waals surface area contributed by atoms with E-state index in [9.17, 15) is 19.2 Å². The third-order valence-corrected chi connectivity index (χ3v) is 8.04. The molecular formula is C26H46N3O5P. The number of likely N-dealkylation sites (tertiary alicyclic amines) is 3. The van der Waals surface area contributed by atoms with Gasteiger partial charge < -0.3 is 19.4 Å². The summed E-state index contributed by atoms with van der Waals surface area (Å²) in [4.78, 5) is 57.6. The topological polar surface area (TPSA) is 87.2 Å². The van der Waals surface area contributed by atoms with Crippen molar-refractivity contribution in [2.24, 2.45) is 0 Å². The Kier molecular flexibility index (Phi) is 11.1. The molecule has 3 heterocycles. The fourth-order valence-electron chi connectivity index (χ4n) is 5.81. The highest BCUT2D eigenvalue weighted by atomic mass is 31.0. The maximum Gasteiger partial charge on any atom is 0.246 e. The maximum absolute atomic E-state index is 13.6. The average Bonchev–Trinajstić information content (AvgIpc) is 3.61. The van der Waals surface area contributed by atoms with Gasteiger partial charge in [0.1, 0.15) is 12.1 Å². The zero-order valence-electron chi connectivity index (χ0n) is 22.2. The van der Waals surface area contributed by atoms with E-state index in [0.29, 0.717) is 64.8 Å². The van der Waals surface area contributed by atoms with Gasteiger partial charge in [-0.3, -0.25) is 19.2 Å². The van der Waals surface area contributed by atoms with Crippen LogP contribution in [0.1, 0.15) is 91.9 Å². The number of rotatable bonds is 10. The molecule has 35 heavy (non-hydrogen) atoms. The van der Waals surface area contributed by atoms with Crippen molar-refractivity contribution < 1.29 is 23.9 Å². The monoisotopic (exact) mass is 511 g/mol. The van der Waals surface area contributed by atoms with Crippen molar-refractivity contribution >= 4 is 33.4 Å². The summed E-state index contributed by atoms with van der Waals surface area (Å²) in [6, 6.07) is -1.36. The fraction of sp³-hybridized carbons (Fsp3) is 0.846. The number of ketones is 1. The predicted molar refractivity (Wildman–Crippen MR) is 140 cm³/mol. The van der Waals surface area contributed by atoms with Crippen LogP contribution in [0.15, 0.2) is 0 Å². The van der Waals surface area contributed by atoms with Gasteiger partial charge >= 0.3 is 0 Å². The molecule has 3 fully saturated rings. The van der Waals surface area contributed by atoms with Gasteiger partial charge in [0.25, 0.3) is 0 Å². The zero-order valence-corrected chi connectivity index (χ0v) is 23.6. The van der Waals surface area contributed by atoms with Gasteiger partial charge in [0.2, 0.25) is 17.7 Å². The number of amides is 3. The number of carbonyl (C=O) groups excluding carboxylic acids is 4. The maximum atomic E-state index is 13.6. The van der Waals surface area contributed by atoms with Gasteiger partial charge in [-0.25, -0.2) is 0 Å². The Hall–Kier alpha value is -1.53. The van der Waals surface area contributed by atoms with Gasteiger partial charge in [0.15, 0.2) is 5.78 Å². The molecule has 0 radical (unpaired) electrons. The Morgan fingerprint density at radius 3 is 1.80 bits per heavy atom. The predicted octanol–water partition coefficient (Wildman–Crippen LogP) is 2.98. The zero-order chi connectivity index (χ0) is 24.9. The molecule has 0 aromatic carbocycles. The van der Waals surface area contributed by atoms with E-state index in [1.165, 1.54) is 0 Å². The average molecular weight is 512 g/mol. The lowest BCUT2D eigenvalue weighted by Crippen LogP contribution is -2.55. The lowest BCUT2D eigenvalue weighted by atomic mass is 9.96. The smallest absolute Gasteiger partial charge is 0.246 e. The molecule has 3 saturated heterocycles. The first-order chi connectivity index (χ1) is 16.3. The molecule has 0 N–H and O–H groups in total. The van der Waals surface area contributed by atoms with Crippen LogP contribution in [0.2, 0.25) is 0 Å². The van der Waals surface area contributed by atoms with Crippen LogP contribution >= 0.6 is 9.90 Å². The molecular weight excluding hydrogens is 465 g/mol. The second kappa shape index (κ2) is 13.1. The van der Waals surface area contributed by atoms with Crippen LogP contribution < -0.4 is 0 Å². The van der Waals surface area contributed by atoms with Crippen LogP contribution in [-0.4, -0.2) is 88.2 Å². The lowest BCUT2D eigenvalue weighted by Gasteiger charge is -2.34. The van der Waals surface area contributed by atoms with E-state index in [4.69, 9.17) is 4.74 Å². The Balaban J connectivity index is 0.00000432. The van der Waals surface area contributed by atoms with Crippen LogP contribution in [0.4, 0.5) is 0 Å². The van der Waals surface area contributed by atoms with E-state index in [-0.39, 0.29) is 45.0 Å². The first kappa shape index (κ1) is 29.7. The first-order valence-corrected chi connectivity index (χ1v) is 13.3. The molecule has 3 rings (SSSR count). The highest BCUT2D eigenvalue weighted by molar-refractivity contribution is 6.92. The summed E-state index contributed by atoms with van der Waals surface area (Å²) in [6.45, 7) is 10.2. The van der Waals surface area contributed by atoms with E-state index in [1.807, 2.05) is 20.8 Å². The van der Waals surface area contributed by atoms with Gasteiger partial charge in [0, 0.05) is 39.1 Å². The quantitative estimate of drug-likeness (QED) is 0.421. The second-order valence-electron chi connectivity index (χ2n) is 10.2. The highest BCUT2D eigenvalue weighted by Crippen LogP contribution is 2.30. The number of carbonyl (C=O) groups is 4. The SMILES string of the molecule is CCOC(C)(CC)CCC(=O)N1CCCC1C(=O)N1CCCC1C(=O)N1CCCC1C(=O)CC.P. The summed E-state index contributed by atoms with van der Waals surface area (Å²) in [5.41, 5.74) is -0.335. The Bertz CT molecular complexity index is 778. The molecule has 3 aliphatic rings. The van der Waals surface area contributed by atoms with Gasteiger partial charge in [-0.2, -0.15) is 9.90 Å². The standard InChI is InChI=1S/C26H43N3O5.H3P/c1-5-22(30)19-11-8-17-28(19)25(33)21-13-10-18-29(21)24(32)20-12-9-16-27(20)23(31)14-15-26(4,6-2)34-7-3;/h19-21H,5-18H2,1-4H3;1H3. The van der Waals surface area contributed by atoms with E-state index in [0.717, 1.165) is 25.7 Å². The summed E-state index contributed by atoms with van der Waals surface area (Å²) in [7, 11) is 0. The molecule has 0 bridgehead atoms. The molecule has 200 valence electrons. The van der Waals surface area contributed by atoms with Crippen LogP contribution in [0.3, 0.4) is 0 Å². The summed E-state index contributed by atoms with van der Waals surface area (Å²) in [6.07, 6.45) is 6.58. The normalized spacial score (nSPS) is 25.9. The van der Waals surface area contributed by atoms with Gasteiger partial charge in [0.05, 0.1) is 11.6 Å². The molecule has 0 saturated carbocycles. The van der Waals surface area contributed by atoms with Gasteiger partial charge in [-0.15, -0.1) is 0 Å². The second-order valence-corrected chi connectivity index (χ2v) is 10.2. The van der Waals surface area contributed by atoms with Crippen molar-refractivity contribution in [2.75, 3.05) is 26.2 Å². The van der Waals surface area contributed by atoms with Crippen LogP contribution in [0, 0.1) is 0 Å². The van der Waals surface area contributed by atoms with Gasteiger partial charge in [-0.1, -0.05) is 13.8 Å². The molecule has 9 heteroatoms. The van der Waals surface area contributed by atoms with Crippen LogP contribution in [-0.2, 0) is 23.9 Å². The van der Waals surface area contributed by atoms with E-state index >= 15 is 0 Å². The van der Waals surface area contributed by atoms with Gasteiger partial charge in [-0.05, 0) is 65.2 Å². The van der Waals surface area contributed by atoms with Crippen molar-refractivity contribution in [3.05, 3.63) is 0 Å². The largest absolute Gasteiger partial charge is 0.376 e. The van der Waals surface area contributed by atoms with E-state index in [2.05, 4.69) is 6.92 Å². The minimum atomic E-state index is -0.517. The molecule has 0 aliphatic carbocycles. The summed E-state index contributed by atoms with van der Waals surface area (Å²) in [5.74, 6) is -0.116. The lowest BCUT2D eigenvalue weighted by molar-refractivity contribution is -0.150. The third kappa shape index (κ3) is 6.62. The number of hydrogen-bond acceptors (Lipinski definition) is 5. The molecule has 5 atom stereocenters. The molecule has 0 aromatic rings. The minimum absolute atomic E-state index is 0. The van der Waals surface area contributed by atoms with Crippen molar-refractivity contribution in [1.29, 1.82) is 0 Å². The van der Waals surface area contributed by atoms with Crippen molar-refractivity contribution in [1.82, 2.24) is 14.7 Å².